The Morgan fingerprint density at radius 1 is 1.24 bits per heavy atom. The van der Waals surface area contributed by atoms with Gasteiger partial charge >= 0.3 is 12.0 Å². The Morgan fingerprint density at radius 3 is 2.48 bits per heavy atom. The van der Waals surface area contributed by atoms with Crippen LogP contribution in [0.2, 0.25) is 0 Å². The molecule has 0 fully saturated rings. The van der Waals surface area contributed by atoms with Crippen molar-refractivity contribution in [2.75, 3.05) is 6.61 Å². The van der Waals surface area contributed by atoms with Gasteiger partial charge in [-0.15, -0.1) is 0 Å². The molecule has 2 N–H and O–H groups in total. The van der Waals surface area contributed by atoms with Crippen LogP contribution in [0.15, 0.2) is 24.3 Å². The van der Waals surface area contributed by atoms with Gasteiger partial charge in [-0.2, -0.15) is 0 Å². The van der Waals surface area contributed by atoms with Crippen molar-refractivity contribution >= 4 is 40.5 Å². The maximum absolute atomic E-state index is 11.7. The summed E-state index contributed by atoms with van der Waals surface area (Å²) in [5, 5.41) is 4.65. The maximum atomic E-state index is 11.7. The van der Waals surface area contributed by atoms with E-state index in [1.54, 1.807) is 39.0 Å². The van der Waals surface area contributed by atoms with Crippen LogP contribution in [0.3, 0.4) is 0 Å². The predicted octanol–water partition coefficient (Wildman–Crippen LogP) is 2.07. The van der Waals surface area contributed by atoms with Gasteiger partial charge in [-0.05, 0) is 61.6 Å². The maximum Gasteiger partial charge on any atom is 0.338 e. The predicted molar refractivity (Wildman–Crippen MR) is 85.9 cm³/mol. The highest BCUT2D eigenvalue weighted by Gasteiger charge is 2.17. The number of ether oxygens (including phenoxy) is 1. The van der Waals surface area contributed by atoms with Crippen molar-refractivity contribution in [1.29, 1.82) is 0 Å². The molecule has 0 atom stereocenters. The molecule has 0 bridgehead atoms. The van der Waals surface area contributed by atoms with Gasteiger partial charge < -0.3 is 10.1 Å². The van der Waals surface area contributed by atoms with E-state index >= 15 is 0 Å². The molecule has 0 spiro atoms. The molecule has 0 aliphatic carbocycles. The minimum atomic E-state index is -0.685. The Kier molecular flexibility index (Phi) is 6.13. The van der Waals surface area contributed by atoms with Crippen molar-refractivity contribution in [3.05, 3.63) is 33.4 Å². The number of amides is 3. The van der Waals surface area contributed by atoms with E-state index in [0.29, 0.717) is 5.56 Å². The zero-order chi connectivity index (χ0) is 16.0. The molecular weight excluding hydrogens is 387 g/mol. The Hall–Kier alpha value is -1.64. The molecule has 0 saturated carbocycles. The first kappa shape index (κ1) is 17.4. The van der Waals surface area contributed by atoms with Gasteiger partial charge in [0.05, 0.1) is 5.56 Å². The van der Waals surface area contributed by atoms with Crippen LogP contribution in [0, 0.1) is 3.57 Å². The number of imide groups is 1. The molecule has 21 heavy (non-hydrogen) atoms. The van der Waals surface area contributed by atoms with E-state index in [4.69, 9.17) is 4.74 Å². The zero-order valence-electron chi connectivity index (χ0n) is 12.0. The minimum absolute atomic E-state index is 0.355. The van der Waals surface area contributed by atoms with E-state index in [0.717, 1.165) is 3.57 Å². The summed E-state index contributed by atoms with van der Waals surface area (Å²) in [4.78, 5) is 34.6. The van der Waals surface area contributed by atoms with Crippen molar-refractivity contribution in [2.24, 2.45) is 0 Å². The van der Waals surface area contributed by atoms with Gasteiger partial charge in [0.25, 0.3) is 5.91 Å². The lowest BCUT2D eigenvalue weighted by atomic mass is 10.1. The summed E-state index contributed by atoms with van der Waals surface area (Å²) in [6, 6.07) is 6.16. The zero-order valence-corrected chi connectivity index (χ0v) is 14.2. The van der Waals surface area contributed by atoms with Gasteiger partial charge in [0, 0.05) is 9.11 Å². The SMILES string of the molecule is CC(C)(C)NC(=O)NC(=O)COC(=O)c1cccc(I)c1. The van der Waals surface area contributed by atoms with Crippen LogP contribution in [0.1, 0.15) is 31.1 Å². The Labute approximate surface area is 136 Å². The standard InChI is InChI=1S/C14H17IN2O4/c1-14(2,3)17-13(20)16-11(18)8-21-12(19)9-5-4-6-10(15)7-9/h4-7H,8H2,1-3H3,(H2,16,17,18,20). The van der Waals surface area contributed by atoms with Crippen LogP contribution in [0.5, 0.6) is 0 Å². The van der Waals surface area contributed by atoms with Crippen LogP contribution in [0.4, 0.5) is 4.79 Å². The first-order valence-electron chi connectivity index (χ1n) is 6.22. The number of benzene rings is 1. The molecule has 0 unspecified atom stereocenters. The third-order valence-corrected chi connectivity index (χ3v) is 2.81. The largest absolute Gasteiger partial charge is 0.452 e. The average Bonchev–Trinajstić information content (AvgIpc) is 2.33. The summed E-state index contributed by atoms with van der Waals surface area (Å²) in [5.74, 6) is -1.30. The lowest BCUT2D eigenvalue weighted by Crippen LogP contribution is -2.49. The molecule has 6 nitrogen and oxygen atoms in total. The van der Waals surface area contributed by atoms with E-state index in [1.165, 1.54) is 0 Å². The van der Waals surface area contributed by atoms with E-state index in [-0.39, 0.29) is 0 Å². The van der Waals surface area contributed by atoms with Crippen LogP contribution >= 0.6 is 22.6 Å². The van der Waals surface area contributed by atoms with Gasteiger partial charge in [0.15, 0.2) is 6.61 Å². The van der Waals surface area contributed by atoms with Crippen molar-refractivity contribution in [1.82, 2.24) is 10.6 Å². The number of carbonyl (C=O) groups excluding carboxylic acids is 3. The first-order chi connectivity index (χ1) is 9.67. The molecule has 0 aromatic heterocycles. The van der Waals surface area contributed by atoms with Gasteiger partial charge in [-0.3, -0.25) is 10.1 Å². The van der Waals surface area contributed by atoms with E-state index in [2.05, 4.69) is 33.2 Å². The lowest BCUT2D eigenvalue weighted by Gasteiger charge is -2.20. The van der Waals surface area contributed by atoms with Crippen LogP contribution < -0.4 is 10.6 Å². The van der Waals surface area contributed by atoms with Crippen LogP contribution in [0.25, 0.3) is 0 Å². The minimum Gasteiger partial charge on any atom is -0.452 e. The lowest BCUT2D eigenvalue weighted by molar-refractivity contribution is -0.123. The molecule has 114 valence electrons. The van der Waals surface area contributed by atoms with Gasteiger partial charge in [0.2, 0.25) is 0 Å². The van der Waals surface area contributed by atoms with Gasteiger partial charge in [0.1, 0.15) is 0 Å². The molecule has 0 heterocycles. The second kappa shape index (κ2) is 7.39. The second-order valence-corrected chi connectivity index (χ2v) is 6.58. The summed E-state index contributed by atoms with van der Waals surface area (Å²) in [7, 11) is 0. The molecule has 0 aliphatic rings. The molecule has 0 saturated heterocycles. The fraction of sp³-hybridized carbons (Fsp3) is 0.357. The topological polar surface area (TPSA) is 84.5 Å². The smallest absolute Gasteiger partial charge is 0.338 e. The second-order valence-electron chi connectivity index (χ2n) is 5.34. The molecule has 3 amide bonds. The quantitative estimate of drug-likeness (QED) is 0.597. The monoisotopic (exact) mass is 404 g/mol. The number of rotatable bonds is 3. The summed E-state index contributed by atoms with van der Waals surface area (Å²) >= 11 is 2.07. The fourth-order valence-corrected chi connectivity index (χ4v) is 1.91. The normalized spacial score (nSPS) is 10.7. The Balaban J connectivity index is 2.43. The molecule has 1 aromatic carbocycles. The Bertz CT molecular complexity index is 552. The van der Waals surface area contributed by atoms with Crippen LogP contribution in [-0.4, -0.2) is 30.1 Å². The number of esters is 1. The van der Waals surface area contributed by atoms with Gasteiger partial charge in [-0.1, -0.05) is 6.07 Å². The van der Waals surface area contributed by atoms with E-state index in [9.17, 15) is 14.4 Å². The number of hydrogen-bond donors (Lipinski definition) is 2. The molecule has 1 aromatic rings. The van der Waals surface area contributed by atoms with Crippen molar-refractivity contribution in [2.45, 2.75) is 26.3 Å². The highest BCUT2D eigenvalue weighted by atomic mass is 127. The number of hydrogen-bond acceptors (Lipinski definition) is 4. The van der Waals surface area contributed by atoms with E-state index < -0.39 is 30.1 Å². The third-order valence-electron chi connectivity index (χ3n) is 2.14. The average molecular weight is 404 g/mol. The molecule has 0 aliphatic heterocycles. The number of urea groups is 1. The first-order valence-corrected chi connectivity index (χ1v) is 7.30. The van der Waals surface area contributed by atoms with Crippen molar-refractivity contribution in [3.63, 3.8) is 0 Å². The highest BCUT2D eigenvalue weighted by molar-refractivity contribution is 14.1. The van der Waals surface area contributed by atoms with Crippen molar-refractivity contribution in [3.8, 4) is 0 Å². The molecular formula is C14H17IN2O4. The number of nitrogens with one attached hydrogen (secondary N) is 2. The van der Waals surface area contributed by atoms with Crippen LogP contribution in [-0.2, 0) is 9.53 Å². The highest BCUT2D eigenvalue weighted by Crippen LogP contribution is 2.08. The summed E-state index contributed by atoms with van der Waals surface area (Å²) in [6.45, 7) is 4.85. The number of carbonyl (C=O) groups is 3. The third kappa shape index (κ3) is 7.07. The summed E-state index contributed by atoms with van der Waals surface area (Å²) in [6.07, 6.45) is 0. The van der Waals surface area contributed by atoms with Gasteiger partial charge in [-0.25, -0.2) is 9.59 Å². The molecule has 0 radical (unpaired) electrons. The van der Waals surface area contributed by atoms with E-state index in [1.807, 2.05) is 6.07 Å². The Morgan fingerprint density at radius 2 is 1.90 bits per heavy atom. The molecule has 1 rings (SSSR count). The summed E-state index contributed by atoms with van der Waals surface area (Å²) in [5.41, 5.74) is -0.101. The fourth-order valence-electron chi connectivity index (χ4n) is 1.36. The molecule has 7 heteroatoms. The van der Waals surface area contributed by atoms with Crippen molar-refractivity contribution < 1.29 is 19.1 Å². The number of halogens is 1. The summed E-state index contributed by atoms with van der Waals surface area (Å²) < 4.78 is 5.73.